The molecule has 0 unspecified atom stereocenters. The number of aliphatic hydroxyl groups excluding tert-OH is 5. The van der Waals surface area contributed by atoms with Crippen molar-refractivity contribution in [2.75, 3.05) is 6.61 Å². The number of carboxylic acid groups (broad SMARTS) is 1. The summed E-state index contributed by atoms with van der Waals surface area (Å²) in [6.45, 7) is -0.877. The van der Waals surface area contributed by atoms with E-state index in [1.54, 1.807) is 0 Å². The maximum atomic E-state index is 10.0. The number of hydrogen-bond donors (Lipinski definition) is 6. The Labute approximate surface area is 72.8 Å². The Bertz CT molecular complexity index is 221. The van der Waals surface area contributed by atoms with Gasteiger partial charge in [0.2, 0.25) is 5.76 Å². The van der Waals surface area contributed by atoms with E-state index in [2.05, 4.69) is 0 Å². The summed E-state index contributed by atoms with van der Waals surface area (Å²) in [5.41, 5.74) is 0. The Morgan fingerprint density at radius 2 is 1.62 bits per heavy atom. The zero-order valence-electron chi connectivity index (χ0n) is 6.45. The Balaban J connectivity index is 4.66. The van der Waals surface area contributed by atoms with E-state index in [9.17, 15) is 4.79 Å². The minimum atomic E-state index is -2.03. The van der Waals surface area contributed by atoms with Crippen LogP contribution in [-0.2, 0) is 4.79 Å². The van der Waals surface area contributed by atoms with Crippen molar-refractivity contribution in [3.05, 3.63) is 11.5 Å². The molecular formula is C6H10O7. The lowest BCUT2D eigenvalue weighted by molar-refractivity contribution is -0.136. The van der Waals surface area contributed by atoms with E-state index in [0.29, 0.717) is 0 Å². The van der Waals surface area contributed by atoms with Gasteiger partial charge in [-0.3, -0.25) is 0 Å². The number of carbonyl (C=O) groups is 1. The molecule has 0 heterocycles. The third-order valence-corrected chi connectivity index (χ3v) is 1.28. The van der Waals surface area contributed by atoms with Crippen molar-refractivity contribution in [2.24, 2.45) is 0 Å². The van der Waals surface area contributed by atoms with Crippen LogP contribution in [0.1, 0.15) is 0 Å². The molecule has 0 fully saturated rings. The fraction of sp³-hybridized carbons (Fsp3) is 0.500. The van der Waals surface area contributed by atoms with Gasteiger partial charge in [-0.15, -0.1) is 0 Å². The average Bonchev–Trinajstić information content (AvgIpc) is 2.12. The van der Waals surface area contributed by atoms with Crippen molar-refractivity contribution in [2.45, 2.75) is 12.2 Å². The van der Waals surface area contributed by atoms with Gasteiger partial charge in [0.25, 0.3) is 0 Å². The minimum absolute atomic E-state index is 0.877. The molecule has 0 saturated heterocycles. The third-order valence-electron chi connectivity index (χ3n) is 1.28. The third kappa shape index (κ3) is 2.90. The van der Waals surface area contributed by atoms with E-state index in [4.69, 9.17) is 30.6 Å². The van der Waals surface area contributed by atoms with E-state index in [1.165, 1.54) is 0 Å². The topological polar surface area (TPSA) is 138 Å². The molecule has 13 heavy (non-hydrogen) atoms. The summed E-state index contributed by atoms with van der Waals surface area (Å²) < 4.78 is 0. The normalized spacial score (nSPS) is 17.5. The van der Waals surface area contributed by atoms with Gasteiger partial charge in [0.15, 0.2) is 5.76 Å². The lowest BCUT2D eigenvalue weighted by atomic mass is 10.1. The van der Waals surface area contributed by atoms with Crippen molar-refractivity contribution < 1.29 is 35.4 Å². The van der Waals surface area contributed by atoms with Crippen molar-refractivity contribution in [3.8, 4) is 0 Å². The van der Waals surface area contributed by atoms with Crippen LogP contribution in [0.5, 0.6) is 0 Å². The molecule has 2 atom stereocenters. The fourth-order valence-corrected chi connectivity index (χ4v) is 0.532. The lowest BCUT2D eigenvalue weighted by Crippen LogP contribution is -2.32. The highest BCUT2D eigenvalue weighted by Crippen LogP contribution is 2.07. The van der Waals surface area contributed by atoms with Gasteiger partial charge in [0, 0.05) is 0 Å². The van der Waals surface area contributed by atoms with Crippen LogP contribution >= 0.6 is 0 Å². The smallest absolute Gasteiger partial charge is 0.374 e. The Morgan fingerprint density at radius 3 is 1.92 bits per heavy atom. The number of hydrogen-bond acceptors (Lipinski definition) is 6. The maximum absolute atomic E-state index is 10.0. The number of carboxylic acids is 1. The predicted molar refractivity (Wildman–Crippen MR) is 39.0 cm³/mol. The molecule has 0 aromatic heterocycles. The Kier molecular flexibility index (Phi) is 4.18. The van der Waals surface area contributed by atoms with Crippen LogP contribution in [0.3, 0.4) is 0 Å². The second-order valence-corrected chi connectivity index (χ2v) is 2.23. The molecule has 7 heteroatoms. The van der Waals surface area contributed by atoms with Gasteiger partial charge in [0.1, 0.15) is 12.2 Å². The molecule has 0 aromatic carbocycles. The molecule has 0 aliphatic heterocycles. The van der Waals surface area contributed by atoms with E-state index in [0.717, 1.165) is 0 Å². The summed E-state index contributed by atoms with van der Waals surface area (Å²) >= 11 is 0. The molecule has 7 nitrogen and oxygen atoms in total. The second kappa shape index (κ2) is 4.65. The molecule has 0 aliphatic rings. The molecule has 0 rings (SSSR count). The molecular weight excluding hydrogens is 184 g/mol. The van der Waals surface area contributed by atoms with Crippen LogP contribution in [-0.4, -0.2) is 55.4 Å². The summed E-state index contributed by atoms with van der Waals surface area (Å²) in [6, 6.07) is 0. The van der Waals surface area contributed by atoms with Crippen LogP contribution in [0, 0.1) is 0 Å². The van der Waals surface area contributed by atoms with Gasteiger partial charge < -0.3 is 30.6 Å². The molecule has 6 N–H and O–H groups in total. The van der Waals surface area contributed by atoms with Gasteiger partial charge in [-0.05, 0) is 0 Å². The second-order valence-electron chi connectivity index (χ2n) is 2.23. The fourth-order valence-electron chi connectivity index (χ4n) is 0.532. The van der Waals surface area contributed by atoms with Crippen molar-refractivity contribution in [1.82, 2.24) is 0 Å². The Hall–Kier alpha value is -1.31. The van der Waals surface area contributed by atoms with Crippen LogP contribution in [0.2, 0.25) is 0 Å². The molecule has 0 bridgehead atoms. The molecule has 76 valence electrons. The lowest BCUT2D eigenvalue weighted by Gasteiger charge is -2.14. The van der Waals surface area contributed by atoms with Crippen LogP contribution < -0.4 is 0 Å². The quantitative estimate of drug-likeness (QED) is 0.227. The first-order valence-electron chi connectivity index (χ1n) is 3.24. The van der Waals surface area contributed by atoms with Crippen LogP contribution in [0.15, 0.2) is 11.5 Å². The van der Waals surface area contributed by atoms with Crippen LogP contribution in [0.4, 0.5) is 0 Å². The summed E-state index contributed by atoms with van der Waals surface area (Å²) in [5.74, 6) is -4.62. The summed E-state index contributed by atoms with van der Waals surface area (Å²) in [5, 5.41) is 51.4. The van der Waals surface area contributed by atoms with Crippen LogP contribution in [0.25, 0.3) is 0 Å². The van der Waals surface area contributed by atoms with Crippen molar-refractivity contribution >= 4 is 5.97 Å². The highest BCUT2D eigenvalue weighted by Gasteiger charge is 2.25. The zero-order chi connectivity index (χ0) is 10.6. The Morgan fingerprint density at radius 1 is 1.15 bits per heavy atom. The number of rotatable bonds is 4. The zero-order valence-corrected chi connectivity index (χ0v) is 6.45. The summed E-state index contributed by atoms with van der Waals surface area (Å²) in [7, 11) is 0. The molecule has 0 radical (unpaired) electrons. The van der Waals surface area contributed by atoms with E-state index in [1.807, 2.05) is 0 Å². The highest BCUT2D eigenvalue weighted by atomic mass is 16.4. The highest BCUT2D eigenvalue weighted by molar-refractivity contribution is 5.84. The standard InChI is InChI=1S/C6H10O7/c7-1-2(8)3(9)4(10)5(11)6(12)13/h2-3,7-11H,1H2,(H,12,13)/t2-,3+/m0/s1. The average molecular weight is 194 g/mol. The number of aliphatic carboxylic acids is 1. The monoisotopic (exact) mass is 194 g/mol. The SMILES string of the molecule is O=C(O)C(O)=C(O)[C@H](O)[C@@H](O)CO. The van der Waals surface area contributed by atoms with Crippen molar-refractivity contribution in [1.29, 1.82) is 0 Å². The molecule has 0 spiro atoms. The van der Waals surface area contributed by atoms with Gasteiger partial charge in [-0.25, -0.2) is 4.79 Å². The largest absolute Gasteiger partial charge is 0.506 e. The first-order valence-corrected chi connectivity index (χ1v) is 3.24. The van der Waals surface area contributed by atoms with E-state index < -0.39 is 36.3 Å². The minimum Gasteiger partial charge on any atom is -0.506 e. The molecule has 0 saturated carbocycles. The number of aliphatic hydroxyl groups is 5. The van der Waals surface area contributed by atoms with E-state index in [-0.39, 0.29) is 0 Å². The van der Waals surface area contributed by atoms with Gasteiger partial charge in [0.05, 0.1) is 6.61 Å². The molecule has 0 amide bonds. The van der Waals surface area contributed by atoms with E-state index >= 15 is 0 Å². The first-order chi connectivity index (χ1) is 5.91. The van der Waals surface area contributed by atoms with Gasteiger partial charge in [-0.1, -0.05) is 0 Å². The summed E-state index contributed by atoms with van der Waals surface area (Å²) in [6.07, 6.45) is -3.78. The first kappa shape index (κ1) is 11.7. The van der Waals surface area contributed by atoms with Gasteiger partial charge in [-0.2, -0.15) is 0 Å². The maximum Gasteiger partial charge on any atom is 0.374 e. The molecule has 0 aromatic rings. The van der Waals surface area contributed by atoms with Gasteiger partial charge >= 0.3 is 5.97 Å². The molecule has 0 aliphatic carbocycles. The predicted octanol–water partition coefficient (Wildman–Crippen LogP) is -1.89. The van der Waals surface area contributed by atoms with Crippen molar-refractivity contribution in [3.63, 3.8) is 0 Å². The summed E-state index contributed by atoms with van der Waals surface area (Å²) in [4.78, 5) is 10.0.